The van der Waals surface area contributed by atoms with Crippen molar-refractivity contribution in [1.82, 2.24) is 5.32 Å². The standard InChI is InChI=1S/C13H17FN2O4S/c1-8-6-9(4-5-20-8)16-13(17)11-7-10(21(15,18)19)2-3-12(11)14/h2-3,7-9H,4-6H2,1H3,(H,16,17)(H2,15,18,19). The number of hydrogen-bond donors (Lipinski definition) is 2. The van der Waals surface area contributed by atoms with E-state index in [-0.39, 0.29) is 22.6 Å². The summed E-state index contributed by atoms with van der Waals surface area (Å²) in [5.74, 6) is -1.45. The Hall–Kier alpha value is -1.51. The summed E-state index contributed by atoms with van der Waals surface area (Å²) in [7, 11) is -3.98. The lowest BCUT2D eigenvalue weighted by molar-refractivity contribution is 0.0136. The van der Waals surface area contributed by atoms with Crippen molar-refractivity contribution in [2.24, 2.45) is 5.14 Å². The van der Waals surface area contributed by atoms with Crippen LogP contribution in [0.1, 0.15) is 30.1 Å². The first-order chi connectivity index (χ1) is 9.77. The van der Waals surface area contributed by atoms with E-state index >= 15 is 0 Å². The Morgan fingerprint density at radius 2 is 2.19 bits per heavy atom. The van der Waals surface area contributed by atoms with E-state index in [4.69, 9.17) is 9.88 Å². The highest BCUT2D eigenvalue weighted by Gasteiger charge is 2.23. The molecule has 0 radical (unpaired) electrons. The number of rotatable bonds is 3. The van der Waals surface area contributed by atoms with Gasteiger partial charge < -0.3 is 10.1 Å². The SMILES string of the molecule is CC1CC(NC(=O)c2cc(S(N)(=O)=O)ccc2F)CCO1. The molecule has 0 saturated carbocycles. The van der Waals surface area contributed by atoms with Crippen LogP contribution >= 0.6 is 0 Å². The van der Waals surface area contributed by atoms with Crippen LogP contribution in [0.3, 0.4) is 0 Å². The molecule has 3 N–H and O–H groups in total. The number of hydrogen-bond acceptors (Lipinski definition) is 4. The molecule has 1 aromatic carbocycles. The maximum atomic E-state index is 13.7. The fourth-order valence-corrected chi connectivity index (χ4v) is 2.79. The first kappa shape index (κ1) is 15.9. The van der Waals surface area contributed by atoms with E-state index in [2.05, 4.69) is 5.32 Å². The van der Waals surface area contributed by atoms with Gasteiger partial charge in [0.15, 0.2) is 0 Å². The van der Waals surface area contributed by atoms with Gasteiger partial charge in [-0.2, -0.15) is 0 Å². The van der Waals surface area contributed by atoms with Crippen molar-refractivity contribution in [3.05, 3.63) is 29.6 Å². The van der Waals surface area contributed by atoms with Gasteiger partial charge in [-0.1, -0.05) is 0 Å². The van der Waals surface area contributed by atoms with E-state index in [9.17, 15) is 17.6 Å². The Morgan fingerprint density at radius 3 is 2.81 bits per heavy atom. The van der Waals surface area contributed by atoms with Crippen LogP contribution in [0.2, 0.25) is 0 Å². The first-order valence-electron chi connectivity index (χ1n) is 6.52. The minimum absolute atomic E-state index is 0.0182. The number of nitrogens with one attached hydrogen (secondary N) is 1. The zero-order valence-electron chi connectivity index (χ0n) is 11.5. The Kier molecular flexibility index (Phi) is 4.60. The molecule has 0 aliphatic carbocycles. The molecule has 0 aromatic heterocycles. The number of amides is 1. The molecule has 1 aromatic rings. The lowest BCUT2D eigenvalue weighted by atomic mass is 10.0. The Morgan fingerprint density at radius 1 is 1.48 bits per heavy atom. The average Bonchev–Trinajstić information content (AvgIpc) is 2.37. The smallest absolute Gasteiger partial charge is 0.254 e. The zero-order valence-corrected chi connectivity index (χ0v) is 12.3. The molecule has 8 heteroatoms. The summed E-state index contributed by atoms with van der Waals surface area (Å²) < 4.78 is 41.6. The number of halogens is 1. The van der Waals surface area contributed by atoms with Gasteiger partial charge >= 0.3 is 0 Å². The van der Waals surface area contributed by atoms with Crippen molar-refractivity contribution < 1.29 is 22.3 Å². The molecular weight excluding hydrogens is 299 g/mol. The molecule has 1 fully saturated rings. The molecule has 1 aliphatic rings. The largest absolute Gasteiger partial charge is 0.378 e. The van der Waals surface area contributed by atoms with Gasteiger partial charge in [-0.05, 0) is 38.0 Å². The third-order valence-electron chi connectivity index (χ3n) is 3.33. The van der Waals surface area contributed by atoms with Crippen LogP contribution in [0.15, 0.2) is 23.1 Å². The predicted molar refractivity (Wildman–Crippen MR) is 73.7 cm³/mol. The lowest BCUT2D eigenvalue weighted by Gasteiger charge is -2.28. The second-order valence-electron chi connectivity index (χ2n) is 5.06. The van der Waals surface area contributed by atoms with E-state index in [0.717, 1.165) is 18.2 Å². The van der Waals surface area contributed by atoms with Crippen molar-refractivity contribution in [2.75, 3.05) is 6.61 Å². The van der Waals surface area contributed by atoms with Gasteiger partial charge in [-0.15, -0.1) is 0 Å². The third-order valence-corrected chi connectivity index (χ3v) is 4.24. The number of ether oxygens (including phenoxy) is 1. The maximum Gasteiger partial charge on any atom is 0.254 e. The second kappa shape index (κ2) is 6.08. The number of primary sulfonamides is 1. The molecule has 116 valence electrons. The van der Waals surface area contributed by atoms with Gasteiger partial charge in [-0.25, -0.2) is 17.9 Å². The summed E-state index contributed by atoms with van der Waals surface area (Å²) in [6.45, 7) is 2.41. The average molecular weight is 316 g/mol. The van der Waals surface area contributed by atoms with Gasteiger partial charge in [0, 0.05) is 12.6 Å². The van der Waals surface area contributed by atoms with E-state index < -0.39 is 21.7 Å². The van der Waals surface area contributed by atoms with Crippen molar-refractivity contribution in [3.63, 3.8) is 0 Å². The molecular formula is C13H17FN2O4S. The fraction of sp³-hybridized carbons (Fsp3) is 0.462. The highest BCUT2D eigenvalue weighted by molar-refractivity contribution is 7.89. The van der Waals surface area contributed by atoms with Crippen molar-refractivity contribution in [1.29, 1.82) is 0 Å². The van der Waals surface area contributed by atoms with Crippen molar-refractivity contribution in [3.8, 4) is 0 Å². The van der Waals surface area contributed by atoms with Gasteiger partial charge in [0.2, 0.25) is 10.0 Å². The van der Waals surface area contributed by atoms with E-state index in [1.54, 1.807) is 0 Å². The second-order valence-corrected chi connectivity index (χ2v) is 6.62. The number of sulfonamides is 1. The zero-order chi connectivity index (χ0) is 15.6. The van der Waals surface area contributed by atoms with E-state index in [1.807, 2.05) is 6.92 Å². The monoisotopic (exact) mass is 316 g/mol. The highest BCUT2D eigenvalue weighted by atomic mass is 32.2. The van der Waals surface area contributed by atoms with Crippen LogP contribution in [0.25, 0.3) is 0 Å². The quantitative estimate of drug-likeness (QED) is 0.860. The Balaban J connectivity index is 2.18. The van der Waals surface area contributed by atoms with Crippen LogP contribution in [-0.2, 0) is 14.8 Å². The van der Waals surface area contributed by atoms with E-state index in [1.165, 1.54) is 0 Å². The Labute approximate surface area is 122 Å². The van der Waals surface area contributed by atoms with Crippen molar-refractivity contribution >= 4 is 15.9 Å². The number of nitrogens with two attached hydrogens (primary N) is 1. The minimum atomic E-state index is -3.98. The van der Waals surface area contributed by atoms with Gasteiger partial charge in [0.1, 0.15) is 5.82 Å². The van der Waals surface area contributed by atoms with Crippen LogP contribution in [0.5, 0.6) is 0 Å². The topological polar surface area (TPSA) is 98.5 Å². The predicted octanol–water partition coefficient (Wildman–Crippen LogP) is 0.770. The summed E-state index contributed by atoms with van der Waals surface area (Å²) in [6.07, 6.45) is 1.28. The number of benzene rings is 1. The highest BCUT2D eigenvalue weighted by Crippen LogP contribution is 2.17. The maximum absolute atomic E-state index is 13.7. The summed E-state index contributed by atoms with van der Waals surface area (Å²) in [5.41, 5.74) is -0.333. The molecule has 2 rings (SSSR count). The fourth-order valence-electron chi connectivity index (χ4n) is 2.25. The third kappa shape index (κ3) is 3.99. The van der Waals surface area contributed by atoms with E-state index in [0.29, 0.717) is 19.4 Å². The number of carbonyl (C=O) groups is 1. The van der Waals surface area contributed by atoms with Crippen LogP contribution < -0.4 is 10.5 Å². The molecule has 2 unspecified atom stereocenters. The van der Waals surface area contributed by atoms with Gasteiger partial charge in [-0.3, -0.25) is 4.79 Å². The van der Waals surface area contributed by atoms with Gasteiger partial charge in [0.05, 0.1) is 16.6 Å². The molecule has 0 bridgehead atoms. The summed E-state index contributed by atoms with van der Waals surface area (Å²) in [6, 6.07) is 2.76. The summed E-state index contributed by atoms with van der Waals surface area (Å²) >= 11 is 0. The Bertz CT molecular complexity index is 648. The lowest BCUT2D eigenvalue weighted by Crippen LogP contribution is -2.41. The minimum Gasteiger partial charge on any atom is -0.378 e. The summed E-state index contributed by atoms with van der Waals surface area (Å²) in [4.78, 5) is 11.8. The van der Waals surface area contributed by atoms with Crippen LogP contribution in [0.4, 0.5) is 4.39 Å². The molecule has 1 aliphatic heterocycles. The first-order valence-corrected chi connectivity index (χ1v) is 8.07. The molecule has 6 nitrogen and oxygen atoms in total. The molecule has 2 atom stereocenters. The molecule has 1 heterocycles. The normalized spacial score (nSPS) is 22.8. The van der Waals surface area contributed by atoms with Crippen molar-refractivity contribution in [2.45, 2.75) is 36.8 Å². The summed E-state index contributed by atoms with van der Waals surface area (Å²) in [5, 5.41) is 7.67. The molecule has 1 saturated heterocycles. The van der Waals surface area contributed by atoms with Crippen LogP contribution in [0, 0.1) is 5.82 Å². The van der Waals surface area contributed by atoms with Crippen LogP contribution in [-0.4, -0.2) is 33.1 Å². The van der Waals surface area contributed by atoms with Gasteiger partial charge in [0.25, 0.3) is 5.91 Å². The molecule has 0 spiro atoms. The molecule has 21 heavy (non-hydrogen) atoms. The number of carbonyl (C=O) groups excluding carboxylic acids is 1. The molecule has 1 amide bonds.